The molecule has 1 unspecified atom stereocenters. The van der Waals surface area contributed by atoms with Crippen molar-refractivity contribution in [1.29, 1.82) is 0 Å². The summed E-state index contributed by atoms with van der Waals surface area (Å²) in [5.74, 6) is 1.70. The molecule has 0 radical (unpaired) electrons. The predicted molar refractivity (Wildman–Crippen MR) is 80.7 cm³/mol. The highest BCUT2D eigenvalue weighted by Gasteiger charge is 2.21. The van der Waals surface area contributed by atoms with Crippen molar-refractivity contribution in [1.82, 2.24) is 10.3 Å². The molecule has 1 saturated carbocycles. The van der Waals surface area contributed by atoms with Crippen molar-refractivity contribution in [2.45, 2.75) is 44.7 Å². The van der Waals surface area contributed by atoms with Crippen LogP contribution in [0.15, 0.2) is 18.3 Å². The second-order valence-electron chi connectivity index (χ2n) is 6.15. The van der Waals surface area contributed by atoms with E-state index in [0.717, 1.165) is 37.9 Å². The van der Waals surface area contributed by atoms with Gasteiger partial charge >= 0.3 is 0 Å². The first-order valence-corrected chi connectivity index (χ1v) is 7.89. The smallest absolute Gasteiger partial charge is 0.128 e. The molecule has 110 valence electrons. The first-order valence-electron chi connectivity index (χ1n) is 7.89. The Kier molecular flexibility index (Phi) is 4.53. The van der Waals surface area contributed by atoms with E-state index in [1.807, 2.05) is 6.20 Å². The van der Waals surface area contributed by atoms with Crippen LogP contribution in [0.25, 0.3) is 0 Å². The predicted octanol–water partition coefficient (Wildman–Crippen LogP) is 1.93. The standard InChI is InChI=1S/C16H25N3O/c20-9-7-13-2-1-8-19(12-13)16-6-3-14(11-18-16)10-17-15-4-5-15/h3,6,11,13,15,17,20H,1-2,4-5,7-10,12H2. The fourth-order valence-corrected chi connectivity index (χ4v) is 2.95. The number of aromatic nitrogens is 1. The highest BCUT2D eigenvalue weighted by molar-refractivity contribution is 5.39. The number of rotatable bonds is 6. The van der Waals surface area contributed by atoms with E-state index in [4.69, 9.17) is 5.11 Å². The molecule has 0 bridgehead atoms. The average Bonchev–Trinajstić information content (AvgIpc) is 3.31. The van der Waals surface area contributed by atoms with E-state index in [9.17, 15) is 0 Å². The highest BCUT2D eigenvalue weighted by atomic mass is 16.3. The van der Waals surface area contributed by atoms with Gasteiger partial charge in [0.2, 0.25) is 0 Å². The van der Waals surface area contributed by atoms with Crippen LogP contribution in [0.4, 0.5) is 5.82 Å². The van der Waals surface area contributed by atoms with E-state index in [2.05, 4.69) is 27.3 Å². The Hall–Kier alpha value is -1.13. The van der Waals surface area contributed by atoms with Crippen LogP contribution < -0.4 is 10.2 Å². The van der Waals surface area contributed by atoms with Gasteiger partial charge < -0.3 is 15.3 Å². The summed E-state index contributed by atoms with van der Waals surface area (Å²) < 4.78 is 0. The molecular weight excluding hydrogens is 250 g/mol. The van der Waals surface area contributed by atoms with Crippen LogP contribution in [-0.2, 0) is 6.54 Å². The molecule has 20 heavy (non-hydrogen) atoms. The number of piperidine rings is 1. The van der Waals surface area contributed by atoms with Crippen LogP contribution >= 0.6 is 0 Å². The maximum atomic E-state index is 9.08. The number of nitrogens with zero attached hydrogens (tertiary/aromatic N) is 2. The lowest BCUT2D eigenvalue weighted by atomic mass is 9.95. The molecule has 2 N–H and O–H groups in total. The Morgan fingerprint density at radius 1 is 1.30 bits per heavy atom. The normalized spacial score (nSPS) is 23.1. The summed E-state index contributed by atoms with van der Waals surface area (Å²) in [6.07, 6.45) is 8.01. The van der Waals surface area contributed by atoms with Crippen molar-refractivity contribution in [3.8, 4) is 0 Å². The summed E-state index contributed by atoms with van der Waals surface area (Å²) >= 11 is 0. The molecule has 1 saturated heterocycles. The number of aliphatic hydroxyl groups is 1. The molecule has 0 aromatic carbocycles. The second-order valence-corrected chi connectivity index (χ2v) is 6.15. The summed E-state index contributed by atoms with van der Waals surface area (Å²) in [5.41, 5.74) is 1.27. The molecule has 4 heteroatoms. The number of hydrogen-bond acceptors (Lipinski definition) is 4. The molecule has 1 aromatic heterocycles. The van der Waals surface area contributed by atoms with Crippen LogP contribution in [-0.4, -0.2) is 35.8 Å². The molecule has 1 aliphatic heterocycles. The SMILES string of the molecule is OCCC1CCCN(c2ccc(CNC3CC3)cn2)C1. The fourth-order valence-electron chi connectivity index (χ4n) is 2.95. The van der Waals surface area contributed by atoms with Crippen molar-refractivity contribution in [2.24, 2.45) is 5.92 Å². The van der Waals surface area contributed by atoms with Gasteiger partial charge in [-0.3, -0.25) is 0 Å². The van der Waals surface area contributed by atoms with Gasteiger partial charge in [-0.25, -0.2) is 4.98 Å². The lowest BCUT2D eigenvalue weighted by Gasteiger charge is -2.33. The largest absolute Gasteiger partial charge is 0.396 e. The van der Waals surface area contributed by atoms with E-state index in [1.54, 1.807) is 0 Å². The zero-order valence-electron chi connectivity index (χ0n) is 12.1. The molecule has 4 nitrogen and oxygen atoms in total. The molecule has 2 heterocycles. The lowest BCUT2D eigenvalue weighted by Crippen LogP contribution is -2.36. The quantitative estimate of drug-likeness (QED) is 0.833. The van der Waals surface area contributed by atoms with Gasteiger partial charge in [-0.1, -0.05) is 6.07 Å². The highest BCUT2D eigenvalue weighted by Crippen LogP contribution is 2.24. The van der Waals surface area contributed by atoms with Gasteiger partial charge in [0.25, 0.3) is 0 Å². The zero-order chi connectivity index (χ0) is 13.8. The number of anilines is 1. The Labute approximate surface area is 121 Å². The molecule has 1 atom stereocenters. The van der Waals surface area contributed by atoms with Gasteiger partial charge in [-0.05, 0) is 49.7 Å². The minimum absolute atomic E-state index is 0.303. The number of nitrogens with one attached hydrogen (secondary N) is 1. The lowest BCUT2D eigenvalue weighted by molar-refractivity contribution is 0.244. The second kappa shape index (κ2) is 6.55. The van der Waals surface area contributed by atoms with Crippen molar-refractivity contribution >= 4 is 5.82 Å². The van der Waals surface area contributed by atoms with Gasteiger partial charge in [0, 0.05) is 38.5 Å². The van der Waals surface area contributed by atoms with Gasteiger partial charge in [0.1, 0.15) is 5.82 Å². The van der Waals surface area contributed by atoms with Crippen LogP contribution in [0.1, 0.15) is 37.7 Å². The Morgan fingerprint density at radius 2 is 2.20 bits per heavy atom. The summed E-state index contributed by atoms with van der Waals surface area (Å²) in [5, 5.41) is 12.6. The Morgan fingerprint density at radius 3 is 2.90 bits per heavy atom. The molecule has 1 aliphatic carbocycles. The van der Waals surface area contributed by atoms with Crippen molar-refractivity contribution < 1.29 is 5.11 Å². The third kappa shape index (κ3) is 3.70. The van der Waals surface area contributed by atoms with Crippen LogP contribution in [0.5, 0.6) is 0 Å². The summed E-state index contributed by atoms with van der Waals surface area (Å²) in [6.45, 7) is 3.37. The molecule has 2 aliphatic rings. The first kappa shape index (κ1) is 13.8. The van der Waals surface area contributed by atoms with E-state index in [1.165, 1.54) is 31.2 Å². The summed E-state index contributed by atoms with van der Waals surface area (Å²) in [4.78, 5) is 6.98. The molecule has 2 fully saturated rings. The van der Waals surface area contributed by atoms with Crippen LogP contribution in [0.2, 0.25) is 0 Å². The number of hydrogen-bond donors (Lipinski definition) is 2. The van der Waals surface area contributed by atoms with Crippen molar-refractivity contribution in [3.05, 3.63) is 23.9 Å². The van der Waals surface area contributed by atoms with E-state index >= 15 is 0 Å². The monoisotopic (exact) mass is 275 g/mol. The average molecular weight is 275 g/mol. The fraction of sp³-hybridized carbons (Fsp3) is 0.688. The molecule has 0 spiro atoms. The van der Waals surface area contributed by atoms with E-state index in [0.29, 0.717) is 12.5 Å². The van der Waals surface area contributed by atoms with E-state index in [-0.39, 0.29) is 0 Å². The number of pyridine rings is 1. The van der Waals surface area contributed by atoms with Crippen molar-refractivity contribution in [3.63, 3.8) is 0 Å². The summed E-state index contributed by atoms with van der Waals surface area (Å²) in [6, 6.07) is 5.08. The molecule has 3 rings (SSSR count). The van der Waals surface area contributed by atoms with Gasteiger partial charge in [0.05, 0.1) is 0 Å². The molecule has 1 aromatic rings. The van der Waals surface area contributed by atoms with Crippen LogP contribution in [0, 0.1) is 5.92 Å². The minimum Gasteiger partial charge on any atom is -0.396 e. The molecule has 0 amide bonds. The first-order chi connectivity index (χ1) is 9.85. The maximum Gasteiger partial charge on any atom is 0.128 e. The third-order valence-electron chi connectivity index (χ3n) is 4.36. The van der Waals surface area contributed by atoms with Gasteiger partial charge in [0.15, 0.2) is 0 Å². The van der Waals surface area contributed by atoms with Gasteiger partial charge in [-0.15, -0.1) is 0 Å². The zero-order valence-corrected chi connectivity index (χ0v) is 12.1. The van der Waals surface area contributed by atoms with Crippen molar-refractivity contribution in [2.75, 3.05) is 24.6 Å². The topological polar surface area (TPSA) is 48.4 Å². The molecular formula is C16H25N3O. The van der Waals surface area contributed by atoms with E-state index < -0.39 is 0 Å². The van der Waals surface area contributed by atoms with Gasteiger partial charge in [-0.2, -0.15) is 0 Å². The van der Waals surface area contributed by atoms with Crippen LogP contribution in [0.3, 0.4) is 0 Å². The maximum absolute atomic E-state index is 9.08. The Balaban J connectivity index is 1.55. The summed E-state index contributed by atoms with van der Waals surface area (Å²) in [7, 11) is 0. The third-order valence-corrected chi connectivity index (χ3v) is 4.36. The Bertz CT molecular complexity index is 414. The minimum atomic E-state index is 0.303. The number of aliphatic hydroxyl groups excluding tert-OH is 1.